The van der Waals surface area contributed by atoms with Gasteiger partial charge < -0.3 is 19.5 Å². The first-order valence-electron chi connectivity index (χ1n) is 6.62. The van der Waals surface area contributed by atoms with Crippen LogP contribution in [0, 0.1) is 0 Å². The molecule has 0 aliphatic heterocycles. The minimum atomic E-state index is -0.612. The van der Waals surface area contributed by atoms with Crippen LogP contribution in [0.2, 0.25) is 15.6 Å². The number of carbonyl (C=O) groups is 1. The molecule has 10 heteroatoms. The van der Waals surface area contributed by atoms with E-state index in [1.54, 1.807) is 20.8 Å². The first-order chi connectivity index (χ1) is 10.6. The van der Waals surface area contributed by atoms with Gasteiger partial charge in [0, 0.05) is 7.11 Å². The lowest BCUT2D eigenvalue weighted by Crippen LogP contribution is -2.44. The number of ether oxygens (including phenoxy) is 3. The third-order valence-electron chi connectivity index (χ3n) is 2.27. The predicted molar refractivity (Wildman–Crippen MR) is 87.6 cm³/mol. The molecule has 0 spiro atoms. The maximum absolute atomic E-state index is 11.8. The monoisotopic (exact) mass is 385 g/mol. The van der Waals surface area contributed by atoms with Crippen molar-refractivity contribution in [3.63, 3.8) is 0 Å². The van der Waals surface area contributed by atoms with Gasteiger partial charge in [0.1, 0.15) is 12.2 Å². The van der Waals surface area contributed by atoms with Crippen molar-refractivity contribution in [2.24, 2.45) is 0 Å². The molecule has 1 aromatic heterocycles. The predicted octanol–water partition coefficient (Wildman–Crippen LogP) is 3.36. The number of halogens is 3. The second-order valence-electron chi connectivity index (χ2n) is 5.51. The highest BCUT2D eigenvalue weighted by molar-refractivity contribution is 6.37. The van der Waals surface area contributed by atoms with Gasteiger partial charge in [-0.15, -0.1) is 0 Å². The third kappa shape index (κ3) is 7.39. The topological polar surface area (TPSA) is 82.6 Å². The summed E-state index contributed by atoms with van der Waals surface area (Å²) in [5.74, 6) is 0.0739. The molecule has 23 heavy (non-hydrogen) atoms. The lowest BCUT2D eigenvalue weighted by molar-refractivity contribution is 0.0438. The Morgan fingerprint density at radius 2 is 1.74 bits per heavy atom. The zero-order valence-electron chi connectivity index (χ0n) is 13.2. The van der Waals surface area contributed by atoms with Crippen LogP contribution in [-0.4, -0.2) is 48.0 Å². The molecule has 1 N–H and O–H groups in total. The van der Waals surface area contributed by atoms with Crippen molar-refractivity contribution < 1.29 is 19.0 Å². The third-order valence-corrected chi connectivity index (χ3v) is 2.95. The Kier molecular flexibility index (Phi) is 7.60. The Labute approximate surface area is 149 Å². The number of hydrogen-bond donors (Lipinski definition) is 1. The Hall–Kier alpha value is -1.02. The lowest BCUT2D eigenvalue weighted by atomic mass is 10.2. The quantitative estimate of drug-likeness (QED) is 0.596. The van der Waals surface area contributed by atoms with Gasteiger partial charge in [0.2, 0.25) is 5.28 Å². The maximum atomic E-state index is 11.8. The zero-order valence-corrected chi connectivity index (χ0v) is 15.4. The van der Waals surface area contributed by atoms with Crippen LogP contribution in [-0.2, 0) is 9.47 Å². The Bertz CT molecular complexity index is 529. The van der Waals surface area contributed by atoms with Gasteiger partial charge in [-0.25, -0.2) is 14.8 Å². The Balaban J connectivity index is 2.68. The minimum absolute atomic E-state index is 0.0246. The summed E-state index contributed by atoms with van der Waals surface area (Å²) in [4.78, 5) is 19.3. The Morgan fingerprint density at radius 3 is 2.22 bits per heavy atom. The molecule has 0 bridgehead atoms. The molecule has 0 aliphatic carbocycles. The number of methoxy groups -OCH3 is 1. The molecule has 0 radical (unpaired) electrons. The van der Waals surface area contributed by atoms with Crippen LogP contribution in [0.5, 0.6) is 5.75 Å². The van der Waals surface area contributed by atoms with E-state index in [1.807, 2.05) is 0 Å². The van der Waals surface area contributed by atoms with Crippen molar-refractivity contribution in [3.8, 4) is 5.75 Å². The molecule has 0 aromatic carbocycles. The molecule has 0 fully saturated rings. The molecule has 1 heterocycles. The van der Waals surface area contributed by atoms with Crippen LogP contribution in [0.15, 0.2) is 0 Å². The molecule has 130 valence electrons. The highest BCUT2D eigenvalue weighted by Gasteiger charge is 2.21. The van der Waals surface area contributed by atoms with E-state index in [9.17, 15) is 4.79 Å². The lowest BCUT2D eigenvalue weighted by Gasteiger charge is -2.23. The van der Waals surface area contributed by atoms with Gasteiger partial charge in [-0.3, -0.25) is 0 Å². The number of amides is 1. The van der Waals surface area contributed by atoms with Crippen LogP contribution in [0.25, 0.3) is 0 Å². The number of hydrogen-bond acceptors (Lipinski definition) is 6. The average molecular weight is 387 g/mol. The zero-order chi connectivity index (χ0) is 17.6. The fraction of sp³-hybridized carbons (Fsp3) is 0.615. The van der Waals surface area contributed by atoms with Crippen molar-refractivity contribution >= 4 is 40.9 Å². The molecular formula is C13H18Cl3N3O4. The molecule has 7 nitrogen and oxygen atoms in total. The molecule has 0 saturated heterocycles. The molecule has 0 saturated carbocycles. The van der Waals surface area contributed by atoms with Gasteiger partial charge in [-0.05, 0) is 32.4 Å². The smallest absolute Gasteiger partial charge is 0.408 e. The normalized spacial score (nSPS) is 12.7. The van der Waals surface area contributed by atoms with Gasteiger partial charge in [0.05, 0.1) is 12.6 Å². The summed E-state index contributed by atoms with van der Waals surface area (Å²) in [5, 5.41) is 2.49. The van der Waals surface area contributed by atoms with Crippen molar-refractivity contribution in [1.82, 2.24) is 15.3 Å². The van der Waals surface area contributed by atoms with Gasteiger partial charge in [-0.2, -0.15) is 0 Å². The fourth-order valence-electron chi connectivity index (χ4n) is 1.48. The highest BCUT2D eigenvalue weighted by atomic mass is 35.5. The van der Waals surface area contributed by atoms with E-state index < -0.39 is 17.7 Å². The number of aromatic nitrogens is 2. The summed E-state index contributed by atoms with van der Waals surface area (Å²) in [5.41, 5.74) is -0.612. The molecule has 1 rings (SSSR count). The maximum Gasteiger partial charge on any atom is 0.408 e. The van der Waals surface area contributed by atoms with E-state index in [-0.39, 0.29) is 34.6 Å². The fourth-order valence-corrected chi connectivity index (χ4v) is 2.24. The van der Waals surface area contributed by atoms with E-state index in [2.05, 4.69) is 15.3 Å². The van der Waals surface area contributed by atoms with Crippen LogP contribution in [0.3, 0.4) is 0 Å². The number of nitrogens with zero attached hydrogens (tertiary/aromatic N) is 2. The summed E-state index contributed by atoms with van der Waals surface area (Å²) in [6, 6.07) is -0.488. The number of carbonyl (C=O) groups excluding carboxylic acids is 1. The van der Waals surface area contributed by atoms with Crippen LogP contribution < -0.4 is 10.1 Å². The van der Waals surface area contributed by atoms with Gasteiger partial charge >= 0.3 is 6.09 Å². The summed E-state index contributed by atoms with van der Waals surface area (Å²) in [7, 11) is 1.50. The van der Waals surface area contributed by atoms with E-state index in [0.717, 1.165) is 0 Å². The van der Waals surface area contributed by atoms with Gasteiger partial charge in [-0.1, -0.05) is 23.2 Å². The molecule has 1 aromatic rings. The summed E-state index contributed by atoms with van der Waals surface area (Å²) in [6.07, 6.45) is -0.590. The number of rotatable bonds is 6. The number of nitrogens with one attached hydrogen (secondary N) is 1. The highest BCUT2D eigenvalue weighted by Crippen LogP contribution is 2.30. The van der Waals surface area contributed by atoms with E-state index in [4.69, 9.17) is 49.0 Å². The number of alkyl carbamates (subject to hydrolysis) is 1. The van der Waals surface area contributed by atoms with Crippen molar-refractivity contribution in [2.75, 3.05) is 20.3 Å². The van der Waals surface area contributed by atoms with E-state index >= 15 is 0 Å². The van der Waals surface area contributed by atoms with E-state index in [0.29, 0.717) is 0 Å². The standard InChI is InChI=1S/C13H18Cl3N3O4/c1-13(2,3)23-12(20)17-7(5-21-4)6-22-8-9(14)18-11(16)19-10(8)15/h7H,5-6H2,1-4H3,(H,17,20)/t7-/m0/s1. The first-order valence-corrected chi connectivity index (χ1v) is 7.75. The van der Waals surface area contributed by atoms with Crippen molar-refractivity contribution in [1.29, 1.82) is 0 Å². The minimum Gasteiger partial charge on any atom is -0.485 e. The van der Waals surface area contributed by atoms with Crippen molar-refractivity contribution in [3.05, 3.63) is 15.6 Å². The van der Waals surface area contributed by atoms with Crippen molar-refractivity contribution in [2.45, 2.75) is 32.4 Å². The molecular weight excluding hydrogens is 369 g/mol. The van der Waals surface area contributed by atoms with Gasteiger partial charge in [0.15, 0.2) is 16.1 Å². The van der Waals surface area contributed by atoms with Crippen LogP contribution in [0.1, 0.15) is 20.8 Å². The second kappa shape index (κ2) is 8.73. The van der Waals surface area contributed by atoms with E-state index in [1.165, 1.54) is 7.11 Å². The van der Waals surface area contributed by atoms with Crippen LogP contribution >= 0.6 is 34.8 Å². The SMILES string of the molecule is COC[C@@H](COc1c(Cl)nc(Cl)nc1Cl)NC(=O)OC(C)(C)C. The van der Waals surface area contributed by atoms with Gasteiger partial charge in [0.25, 0.3) is 0 Å². The van der Waals surface area contributed by atoms with Crippen LogP contribution in [0.4, 0.5) is 4.79 Å². The largest absolute Gasteiger partial charge is 0.485 e. The summed E-state index contributed by atoms with van der Waals surface area (Å²) >= 11 is 17.4. The summed E-state index contributed by atoms with van der Waals surface area (Å²) in [6.45, 7) is 5.51. The Morgan fingerprint density at radius 1 is 1.17 bits per heavy atom. The molecule has 1 atom stereocenters. The molecule has 1 amide bonds. The summed E-state index contributed by atoms with van der Waals surface area (Å²) < 4.78 is 15.7. The molecule has 0 aliphatic rings. The second-order valence-corrected chi connectivity index (χ2v) is 6.57. The first kappa shape index (κ1) is 20.0. The average Bonchev–Trinajstić information content (AvgIpc) is 2.34. The molecule has 0 unspecified atom stereocenters.